The van der Waals surface area contributed by atoms with E-state index >= 15 is 0 Å². The first-order valence-corrected chi connectivity index (χ1v) is 20.6. The van der Waals surface area contributed by atoms with Crippen molar-refractivity contribution < 1.29 is 67.7 Å². The quantitative estimate of drug-likeness (QED) is 0.0464. The number of anilines is 1. The number of nitrogens with one attached hydrogen (secondary N) is 6. The average molecular weight is 872 g/mol. The topological polar surface area (TPSA) is 313 Å². The van der Waals surface area contributed by atoms with Gasteiger partial charge in [-0.3, -0.25) is 57.6 Å². The number of para-hydroxylation sites is 1. The summed E-state index contributed by atoms with van der Waals surface area (Å²) in [5, 5.41) is 33.2. The van der Waals surface area contributed by atoms with E-state index in [9.17, 15) is 57.8 Å². The Morgan fingerprint density at radius 3 is 1.98 bits per heavy atom. The van der Waals surface area contributed by atoms with Crippen molar-refractivity contribution in [1.82, 2.24) is 31.9 Å². The summed E-state index contributed by atoms with van der Waals surface area (Å²) >= 11 is 0. The van der Waals surface area contributed by atoms with Gasteiger partial charge in [0.2, 0.25) is 41.2 Å². The first-order chi connectivity index (χ1) is 29.3. The molecule has 8 N–H and O–H groups in total. The second kappa shape index (κ2) is 23.6. The number of carbonyl (C=O) groups excluding carboxylic acids is 9. The molecule has 1 aromatic carbocycles. The molecule has 21 heteroatoms. The van der Waals surface area contributed by atoms with Crippen LogP contribution in [0.5, 0.6) is 0 Å². The van der Waals surface area contributed by atoms with Gasteiger partial charge in [-0.1, -0.05) is 52.3 Å². The number of benzene rings is 1. The minimum absolute atomic E-state index is 0.0527. The number of hydrogen-bond acceptors (Lipinski definition) is 12. The molecule has 2 heterocycles. The zero-order chi connectivity index (χ0) is 46.3. The maximum Gasteiger partial charge on any atom is 0.325 e. The maximum atomic E-state index is 14.4. The minimum Gasteiger partial charge on any atom is -0.481 e. The number of esters is 1. The highest BCUT2D eigenvalue weighted by Gasteiger charge is 2.45. The summed E-state index contributed by atoms with van der Waals surface area (Å²) in [6.45, 7) is 7.41. The summed E-state index contributed by atoms with van der Waals surface area (Å²) in [7, 11) is 0. The SMILES string of the molecule is CCCOC(=O)CNC(=O)C(=O)C(CCC)NC(=O)[C@@H]1Cc2cccc3c2N1C(=O)[C@@H](NC(=O)[C@@H](NC(=O)[C@H](CCC(=O)O)NC(=O)[C@H](CCC(=O)O)NC(C)=O)C(C)C)CC3. The summed E-state index contributed by atoms with van der Waals surface area (Å²) in [5.74, 6) is -10.8. The van der Waals surface area contributed by atoms with Crippen LogP contribution in [0.15, 0.2) is 18.2 Å². The van der Waals surface area contributed by atoms with Gasteiger partial charge in [0, 0.05) is 26.2 Å². The number of ketones is 1. The second-order valence-electron chi connectivity index (χ2n) is 15.5. The van der Waals surface area contributed by atoms with Gasteiger partial charge in [0.1, 0.15) is 36.8 Å². The highest BCUT2D eigenvalue weighted by Crippen LogP contribution is 2.39. The molecule has 2 aliphatic heterocycles. The third kappa shape index (κ3) is 14.1. The van der Waals surface area contributed by atoms with Gasteiger partial charge < -0.3 is 46.9 Å². The Bertz CT molecular complexity index is 1900. The zero-order valence-electron chi connectivity index (χ0n) is 35.5. The van der Waals surface area contributed by atoms with Crippen LogP contribution in [-0.4, -0.2) is 125 Å². The number of Topliss-reactive ketones (excluding diaryl/α,β-unsaturated/α-hetero) is 1. The number of carboxylic acids is 2. The number of amides is 7. The molecule has 0 radical (unpaired) electrons. The lowest BCUT2D eigenvalue weighted by atomic mass is 9.99. The van der Waals surface area contributed by atoms with Crippen molar-refractivity contribution in [2.75, 3.05) is 18.1 Å². The highest BCUT2D eigenvalue weighted by molar-refractivity contribution is 6.38. The number of hydrogen-bond donors (Lipinski definition) is 8. The van der Waals surface area contributed by atoms with Crippen molar-refractivity contribution in [3.05, 3.63) is 29.3 Å². The summed E-state index contributed by atoms with van der Waals surface area (Å²) in [6, 6.07) is -2.66. The van der Waals surface area contributed by atoms with Crippen LogP contribution in [0.2, 0.25) is 0 Å². The predicted molar refractivity (Wildman–Crippen MR) is 218 cm³/mol. The van der Waals surface area contributed by atoms with Crippen LogP contribution in [0.25, 0.3) is 0 Å². The summed E-state index contributed by atoms with van der Waals surface area (Å²) in [4.78, 5) is 143. The van der Waals surface area contributed by atoms with E-state index in [1.165, 1.54) is 4.90 Å². The smallest absolute Gasteiger partial charge is 0.325 e. The van der Waals surface area contributed by atoms with E-state index in [1.54, 1.807) is 45.9 Å². The molecular formula is C41H57N7O14. The zero-order valence-corrected chi connectivity index (χ0v) is 35.5. The second-order valence-corrected chi connectivity index (χ2v) is 15.5. The van der Waals surface area contributed by atoms with Gasteiger partial charge in [-0.2, -0.15) is 0 Å². The number of aliphatic carboxylic acids is 2. The van der Waals surface area contributed by atoms with Crippen molar-refractivity contribution in [1.29, 1.82) is 0 Å². The van der Waals surface area contributed by atoms with Crippen molar-refractivity contribution in [3.8, 4) is 0 Å². The Labute approximate surface area is 358 Å². The fraction of sp³-hybridized carbons (Fsp3) is 0.585. The predicted octanol–water partition coefficient (Wildman–Crippen LogP) is -0.841. The van der Waals surface area contributed by atoms with Crippen LogP contribution in [0, 0.1) is 5.92 Å². The van der Waals surface area contributed by atoms with Gasteiger partial charge >= 0.3 is 17.9 Å². The molecule has 21 nitrogen and oxygen atoms in total. The molecule has 0 aromatic heterocycles. The van der Waals surface area contributed by atoms with Crippen molar-refractivity contribution in [3.63, 3.8) is 0 Å². The van der Waals surface area contributed by atoms with Crippen molar-refractivity contribution >= 4 is 70.7 Å². The van der Waals surface area contributed by atoms with Crippen LogP contribution in [-0.2, 0) is 70.3 Å². The van der Waals surface area contributed by atoms with Gasteiger partial charge in [-0.15, -0.1) is 0 Å². The fourth-order valence-corrected chi connectivity index (χ4v) is 7.11. The molecule has 340 valence electrons. The molecule has 3 rings (SSSR count). The standard InChI is InChI=1S/C41H57N7O14/c1-6-9-25(35(55)40(60)42-20-32(54)62-18-7-2)44-38(58)29-19-24-11-8-10-23-12-13-28(41(61)48(29)34(23)24)46-39(59)33(21(3)4)47-37(57)27(15-17-31(52)53)45-36(56)26(43-22(5)49)14-16-30(50)51/h8,10-11,21,25-29,33H,6-7,9,12-20H2,1-5H3,(H,42,60)(H,43,49)(H,44,58)(H,45,56)(H,46,59)(H,47,57)(H,50,51)(H,52,53)/t25?,26-,27-,28-,29-,33-/m0/s1. The maximum absolute atomic E-state index is 14.4. The summed E-state index contributed by atoms with van der Waals surface area (Å²) in [6.07, 6.45) is -0.418. The average Bonchev–Trinajstić information content (AvgIpc) is 3.55. The Hall–Kier alpha value is -6.41. The molecule has 0 spiro atoms. The first kappa shape index (κ1) is 49.9. The lowest BCUT2D eigenvalue weighted by Gasteiger charge is -2.30. The third-order valence-electron chi connectivity index (χ3n) is 10.2. The van der Waals surface area contributed by atoms with Crippen molar-refractivity contribution in [2.45, 2.75) is 135 Å². The lowest BCUT2D eigenvalue weighted by molar-refractivity contribution is -0.146. The lowest BCUT2D eigenvalue weighted by Crippen LogP contribution is -2.60. The van der Waals surface area contributed by atoms with E-state index in [2.05, 4.69) is 31.9 Å². The fourth-order valence-electron chi connectivity index (χ4n) is 7.11. The van der Waals surface area contributed by atoms with Crippen LogP contribution in [0.3, 0.4) is 0 Å². The number of rotatable bonds is 24. The molecule has 0 aliphatic carbocycles. The molecular weight excluding hydrogens is 814 g/mol. The number of carbonyl (C=O) groups is 11. The Balaban J connectivity index is 1.82. The molecule has 0 bridgehead atoms. The van der Waals surface area contributed by atoms with Gasteiger partial charge in [0.25, 0.3) is 5.91 Å². The number of nitrogens with zero attached hydrogens (tertiary/aromatic N) is 1. The van der Waals surface area contributed by atoms with Crippen LogP contribution in [0.4, 0.5) is 5.69 Å². The van der Waals surface area contributed by atoms with Crippen LogP contribution >= 0.6 is 0 Å². The minimum atomic E-state index is -1.54. The van der Waals surface area contributed by atoms with Crippen LogP contribution in [0.1, 0.15) is 97.1 Å². The Morgan fingerprint density at radius 2 is 1.40 bits per heavy atom. The number of ether oxygens (including phenoxy) is 1. The monoisotopic (exact) mass is 871 g/mol. The molecule has 7 amide bonds. The van der Waals surface area contributed by atoms with E-state index in [1.807, 2.05) is 0 Å². The molecule has 2 aliphatic rings. The van der Waals surface area contributed by atoms with E-state index in [-0.39, 0.29) is 32.3 Å². The van der Waals surface area contributed by atoms with E-state index in [0.29, 0.717) is 36.1 Å². The normalized spacial score (nSPS) is 17.2. The number of aryl methyl sites for hydroxylation is 1. The van der Waals surface area contributed by atoms with Gasteiger partial charge in [0.05, 0.1) is 18.3 Å². The van der Waals surface area contributed by atoms with Crippen LogP contribution < -0.4 is 36.8 Å². The van der Waals surface area contributed by atoms with Gasteiger partial charge in [0.15, 0.2) is 0 Å². The molecule has 1 unspecified atom stereocenters. The highest BCUT2D eigenvalue weighted by atomic mass is 16.5. The summed E-state index contributed by atoms with van der Waals surface area (Å²) < 4.78 is 4.92. The first-order valence-electron chi connectivity index (χ1n) is 20.6. The van der Waals surface area contributed by atoms with E-state index in [4.69, 9.17) is 9.84 Å². The molecule has 0 saturated heterocycles. The molecule has 6 atom stereocenters. The van der Waals surface area contributed by atoms with Crippen molar-refractivity contribution in [2.24, 2.45) is 5.92 Å². The number of carboxylic acid groups (broad SMARTS) is 2. The van der Waals surface area contributed by atoms with Gasteiger partial charge in [-0.25, -0.2) is 0 Å². The Morgan fingerprint density at radius 1 is 0.790 bits per heavy atom. The summed E-state index contributed by atoms with van der Waals surface area (Å²) in [5.41, 5.74) is 1.85. The molecule has 1 aromatic rings. The third-order valence-corrected chi connectivity index (χ3v) is 10.2. The largest absolute Gasteiger partial charge is 0.481 e. The molecule has 0 fully saturated rings. The van der Waals surface area contributed by atoms with E-state index < -0.39 is 133 Å². The van der Waals surface area contributed by atoms with E-state index in [0.717, 1.165) is 6.92 Å². The molecule has 62 heavy (non-hydrogen) atoms. The Kier molecular flexibility index (Phi) is 19.0. The molecule has 0 saturated carbocycles. The van der Waals surface area contributed by atoms with Gasteiger partial charge in [-0.05, 0) is 55.6 Å².